The lowest BCUT2D eigenvalue weighted by Crippen LogP contribution is -2.35. The Balaban J connectivity index is 1.61. The van der Waals surface area contributed by atoms with E-state index in [0.29, 0.717) is 24.5 Å². The molecule has 0 spiro atoms. The van der Waals surface area contributed by atoms with Gasteiger partial charge in [-0.25, -0.2) is 0 Å². The predicted octanol–water partition coefficient (Wildman–Crippen LogP) is 3.67. The molecular weight excluding hydrogens is 361 g/mol. The van der Waals surface area contributed by atoms with Crippen LogP contribution in [0.3, 0.4) is 0 Å². The molecular formula is C19H19F3N2O3. The Morgan fingerprint density at radius 3 is 2.48 bits per heavy atom. The zero-order valence-electron chi connectivity index (χ0n) is 14.5. The van der Waals surface area contributed by atoms with Crippen LogP contribution in [0.15, 0.2) is 48.5 Å². The zero-order valence-corrected chi connectivity index (χ0v) is 14.5. The molecule has 8 heteroatoms. The number of rotatable bonds is 5. The van der Waals surface area contributed by atoms with Crippen molar-refractivity contribution in [2.45, 2.75) is 12.9 Å². The number of ether oxygens (including phenoxy) is 2. The number of nitrogens with zero attached hydrogens (tertiary/aromatic N) is 1. The molecule has 1 fully saturated rings. The van der Waals surface area contributed by atoms with Crippen LogP contribution in [0.5, 0.6) is 5.75 Å². The minimum atomic E-state index is -4.74. The Kier molecular flexibility index (Phi) is 5.98. The van der Waals surface area contributed by atoms with E-state index in [-0.39, 0.29) is 11.7 Å². The molecule has 0 unspecified atom stereocenters. The highest BCUT2D eigenvalue weighted by molar-refractivity contribution is 6.04. The number of amides is 1. The quantitative estimate of drug-likeness (QED) is 0.860. The number of carbonyl (C=O) groups is 1. The van der Waals surface area contributed by atoms with Gasteiger partial charge in [0.25, 0.3) is 5.91 Å². The summed E-state index contributed by atoms with van der Waals surface area (Å²) in [5, 5.41) is 2.67. The highest BCUT2D eigenvalue weighted by atomic mass is 19.4. The van der Waals surface area contributed by atoms with Crippen molar-refractivity contribution in [3.63, 3.8) is 0 Å². The second-order valence-corrected chi connectivity index (χ2v) is 6.12. The SMILES string of the molecule is O=C(Nc1ccc(OC(F)(F)F)cc1)c1cccc(CN2CCOCC2)c1. The molecule has 0 atom stereocenters. The van der Waals surface area contributed by atoms with E-state index in [2.05, 4.69) is 15.0 Å². The molecule has 0 bridgehead atoms. The second kappa shape index (κ2) is 8.41. The lowest BCUT2D eigenvalue weighted by atomic mass is 10.1. The standard InChI is InChI=1S/C19H19F3N2O3/c20-19(21,22)27-17-6-4-16(5-7-17)23-18(25)15-3-1-2-14(12-15)13-24-8-10-26-11-9-24/h1-7,12H,8-11,13H2,(H,23,25). The molecule has 0 aromatic heterocycles. The van der Waals surface area contributed by atoms with Crippen molar-refractivity contribution in [1.29, 1.82) is 0 Å². The molecule has 0 saturated carbocycles. The van der Waals surface area contributed by atoms with Crippen molar-refractivity contribution in [3.8, 4) is 5.75 Å². The number of benzene rings is 2. The Morgan fingerprint density at radius 2 is 1.81 bits per heavy atom. The lowest BCUT2D eigenvalue weighted by molar-refractivity contribution is -0.274. The first kappa shape index (κ1) is 19.2. The van der Waals surface area contributed by atoms with Crippen LogP contribution >= 0.6 is 0 Å². The van der Waals surface area contributed by atoms with E-state index < -0.39 is 6.36 Å². The molecule has 0 radical (unpaired) electrons. The van der Waals surface area contributed by atoms with Gasteiger partial charge in [0.15, 0.2) is 0 Å². The average Bonchev–Trinajstić information content (AvgIpc) is 2.63. The Bertz CT molecular complexity index is 773. The van der Waals surface area contributed by atoms with Gasteiger partial charge in [0.1, 0.15) is 5.75 Å². The van der Waals surface area contributed by atoms with Gasteiger partial charge < -0.3 is 14.8 Å². The van der Waals surface area contributed by atoms with E-state index in [1.54, 1.807) is 6.07 Å². The van der Waals surface area contributed by atoms with Crippen LogP contribution in [0.2, 0.25) is 0 Å². The molecule has 27 heavy (non-hydrogen) atoms. The van der Waals surface area contributed by atoms with Crippen molar-refractivity contribution in [2.75, 3.05) is 31.6 Å². The first-order valence-corrected chi connectivity index (χ1v) is 8.45. The van der Waals surface area contributed by atoms with Gasteiger partial charge in [-0.05, 0) is 42.0 Å². The topological polar surface area (TPSA) is 50.8 Å². The summed E-state index contributed by atoms with van der Waals surface area (Å²) in [7, 11) is 0. The number of hydrogen-bond acceptors (Lipinski definition) is 4. The van der Waals surface area contributed by atoms with Gasteiger partial charge in [-0.1, -0.05) is 12.1 Å². The summed E-state index contributed by atoms with van der Waals surface area (Å²) in [6, 6.07) is 12.3. The van der Waals surface area contributed by atoms with Crippen LogP contribution in [-0.4, -0.2) is 43.5 Å². The minimum absolute atomic E-state index is 0.330. The monoisotopic (exact) mass is 380 g/mol. The third kappa shape index (κ3) is 5.97. The average molecular weight is 380 g/mol. The van der Waals surface area contributed by atoms with Gasteiger partial charge in [0.2, 0.25) is 0 Å². The van der Waals surface area contributed by atoms with Gasteiger partial charge in [-0.2, -0.15) is 0 Å². The maximum Gasteiger partial charge on any atom is 0.573 e. The van der Waals surface area contributed by atoms with E-state index >= 15 is 0 Å². The Hall–Kier alpha value is -2.58. The second-order valence-electron chi connectivity index (χ2n) is 6.12. The van der Waals surface area contributed by atoms with Gasteiger partial charge in [0, 0.05) is 30.9 Å². The summed E-state index contributed by atoms with van der Waals surface area (Å²) in [6.07, 6.45) is -4.74. The highest BCUT2D eigenvalue weighted by Crippen LogP contribution is 2.24. The number of anilines is 1. The van der Waals surface area contributed by atoms with Crippen molar-refractivity contribution in [1.82, 2.24) is 4.90 Å². The highest BCUT2D eigenvalue weighted by Gasteiger charge is 2.30. The number of carbonyl (C=O) groups excluding carboxylic acids is 1. The van der Waals surface area contributed by atoms with Gasteiger partial charge in [-0.15, -0.1) is 13.2 Å². The maximum atomic E-state index is 12.4. The molecule has 2 aromatic rings. The Labute approximate surface area is 154 Å². The van der Waals surface area contributed by atoms with Crippen LogP contribution in [0.4, 0.5) is 18.9 Å². The first-order valence-electron chi connectivity index (χ1n) is 8.45. The largest absolute Gasteiger partial charge is 0.573 e. The summed E-state index contributed by atoms with van der Waals surface area (Å²) in [5.74, 6) is -0.670. The van der Waals surface area contributed by atoms with E-state index in [1.807, 2.05) is 18.2 Å². The molecule has 1 aliphatic rings. The predicted molar refractivity (Wildman–Crippen MR) is 93.6 cm³/mol. The van der Waals surface area contributed by atoms with Crippen LogP contribution in [0.1, 0.15) is 15.9 Å². The van der Waals surface area contributed by atoms with Crippen molar-refractivity contribution >= 4 is 11.6 Å². The third-order valence-electron chi connectivity index (χ3n) is 4.04. The van der Waals surface area contributed by atoms with E-state index in [9.17, 15) is 18.0 Å². The molecule has 1 amide bonds. The van der Waals surface area contributed by atoms with Crippen LogP contribution in [0.25, 0.3) is 0 Å². The number of hydrogen-bond donors (Lipinski definition) is 1. The summed E-state index contributed by atoms with van der Waals surface area (Å²) in [6.45, 7) is 3.84. The summed E-state index contributed by atoms with van der Waals surface area (Å²) in [5.41, 5.74) is 1.88. The fourth-order valence-corrected chi connectivity index (χ4v) is 2.77. The minimum Gasteiger partial charge on any atom is -0.406 e. The fraction of sp³-hybridized carbons (Fsp3) is 0.316. The van der Waals surface area contributed by atoms with Gasteiger partial charge >= 0.3 is 6.36 Å². The number of alkyl halides is 3. The molecule has 1 N–H and O–H groups in total. The van der Waals surface area contributed by atoms with E-state index in [0.717, 1.165) is 37.3 Å². The van der Waals surface area contributed by atoms with Gasteiger partial charge in [0.05, 0.1) is 13.2 Å². The van der Waals surface area contributed by atoms with Crippen molar-refractivity contribution in [3.05, 3.63) is 59.7 Å². The van der Waals surface area contributed by atoms with E-state index in [4.69, 9.17) is 4.74 Å². The molecule has 1 saturated heterocycles. The third-order valence-corrected chi connectivity index (χ3v) is 4.04. The fourth-order valence-electron chi connectivity index (χ4n) is 2.77. The maximum absolute atomic E-state index is 12.4. The summed E-state index contributed by atoms with van der Waals surface area (Å²) < 4.78 is 45.7. The molecule has 1 heterocycles. The lowest BCUT2D eigenvalue weighted by Gasteiger charge is -2.26. The first-order chi connectivity index (χ1) is 12.9. The van der Waals surface area contributed by atoms with Gasteiger partial charge in [-0.3, -0.25) is 9.69 Å². The van der Waals surface area contributed by atoms with Crippen LogP contribution in [0, 0.1) is 0 Å². The van der Waals surface area contributed by atoms with E-state index in [1.165, 1.54) is 12.1 Å². The molecule has 0 aliphatic carbocycles. The Morgan fingerprint density at radius 1 is 1.11 bits per heavy atom. The molecule has 3 rings (SSSR count). The molecule has 2 aromatic carbocycles. The molecule has 144 valence electrons. The smallest absolute Gasteiger partial charge is 0.406 e. The van der Waals surface area contributed by atoms with Crippen molar-refractivity contribution in [2.24, 2.45) is 0 Å². The molecule has 5 nitrogen and oxygen atoms in total. The number of nitrogens with one attached hydrogen (secondary N) is 1. The zero-order chi connectivity index (χ0) is 19.3. The number of halogens is 3. The summed E-state index contributed by atoms with van der Waals surface area (Å²) in [4.78, 5) is 14.7. The summed E-state index contributed by atoms with van der Waals surface area (Å²) >= 11 is 0. The molecule has 1 aliphatic heterocycles. The van der Waals surface area contributed by atoms with Crippen molar-refractivity contribution < 1.29 is 27.4 Å². The normalized spacial score (nSPS) is 15.4. The van der Waals surface area contributed by atoms with Crippen LogP contribution in [-0.2, 0) is 11.3 Å². The number of morpholine rings is 1. The van der Waals surface area contributed by atoms with Crippen LogP contribution < -0.4 is 10.1 Å².